The first-order valence-electron chi connectivity index (χ1n) is 9.06. The SMILES string of the molecule is CCCNCC(CC)(CC)CN(CCOC)C(CC)CC. The van der Waals surface area contributed by atoms with Gasteiger partial charge in [-0.15, -0.1) is 0 Å². The van der Waals surface area contributed by atoms with Gasteiger partial charge in [-0.05, 0) is 44.1 Å². The highest BCUT2D eigenvalue weighted by Crippen LogP contribution is 2.28. The quantitative estimate of drug-likeness (QED) is 0.492. The first-order valence-corrected chi connectivity index (χ1v) is 9.06. The fourth-order valence-corrected chi connectivity index (χ4v) is 3.15. The van der Waals surface area contributed by atoms with Gasteiger partial charge >= 0.3 is 0 Å². The maximum absolute atomic E-state index is 5.33. The lowest BCUT2D eigenvalue weighted by atomic mass is 9.81. The van der Waals surface area contributed by atoms with Gasteiger partial charge in [-0.25, -0.2) is 0 Å². The minimum Gasteiger partial charge on any atom is -0.383 e. The smallest absolute Gasteiger partial charge is 0.0589 e. The Morgan fingerprint density at radius 3 is 2.10 bits per heavy atom. The lowest BCUT2D eigenvalue weighted by molar-refractivity contribution is 0.0647. The Morgan fingerprint density at radius 1 is 1.05 bits per heavy atom. The van der Waals surface area contributed by atoms with Crippen LogP contribution in [0.25, 0.3) is 0 Å². The highest BCUT2D eigenvalue weighted by Gasteiger charge is 2.30. The molecule has 0 rings (SSSR count). The summed E-state index contributed by atoms with van der Waals surface area (Å²) in [6.07, 6.45) is 6.15. The molecule has 21 heavy (non-hydrogen) atoms. The number of hydrogen-bond donors (Lipinski definition) is 1. The van der Waals surface area contributed by atoms with Gasteiger partial charge in [0, 0.05) is 32.8 Å². The third-order valence-corrected chi connectivity index (χ3v) is 5.01. The summed E-state index contributed by atoms with van der Waals surface area (Å²) in [5.41, 5.74) is 0.394. The zero-order valence-corrected chi connectivity index (χ0v) is 15.5. The van der Waals surface area contributed by atoms with E-state index in [-0.39, 0.29) is 0 Å². The molecule has 0 radical (unpaired) electrons. The molecule has 0 spiro atoms. The minimum atomic E-state index is 0.394. The van der Waals surface area contributed by atoms with E-state index in [1.165, 1.54) is 38.6 Å². The molecule has 0 atom stereocenters. The molecule has 0 aromatic heterocycles. The maximum Gasteiger partial charge on any atom is 0.0589 e. The summed E-state index contributed by atoms with van der Waals surface area (Å²) < 4.78 is 5.33. The van der Waals surface area contributed by atoms with E-state index in [9.17, 15) is 0 Å². The summed E-state index contributed by atoms with van der Waals surface area (Å²) in [5.74, 6) is 0. The normalized spacial score (nSPS) is 12.6. The van der Waals surface area contributed by atoms with Crippen LogP contribution in [-0.4, -0.2) is 50.8 Å². The molecule has 0 saturated carbocycles. The Labute approximate surface area is 133 Å². The van der Waals surface area contributed by atoms with E-state index in [0.717, 1.165) is 26.2 Å². The predicted molar refractivity (Wildman–Crippen MR) is 94.0 cm³/mol. The van der Waals surface area contributed by atoms with E-state index in [1.54, 1.807) is 7.11 Å². The second-order valence-electron chi connectivity index (χ2n) is 6.32. The molecule has 0 heterocycles. The summed E-state index contributed by atoms with van der Waals surface area (Å²) in [6, 6.07) is 0.684. The first-order chi connectivity index (χ1) is 10.1. The molecular formula is C18H40N2O. The molecule has 0 bridgehead atoms. The van der Waals surface area contributed by atoms with Gasteiger partial charge in [0.05, 0.1) is 6.61 Å². The fraction of sp³-hybridized carbons (Fsp3) is 1.00. The van der Waals surface area contributed by atoms with Crippen LogP contribution in [0.1, 0.15) is 66.7 Å². The average molecular weight is 301 g/mol. The van der Waals surface area contributed by atoms with Crippen molar-refractivity contribution < 1.29 is 4.74 Å². The van der Waals surface area contributed by atoms with Gasteiger partial charge in [-0.3, -0.25) is 4.90 Å². The highest BCUT2D eigenvalue weighted by atomic mass is 16.5. The Kier molecular flexibility index (Phi) is 12.4. The zero-order valence-electron chi connectivity index (χ0n) is 15.5. The molecule has 3 heteroatoms. The second-order valence-corrected chi connectivity index (χ2v) is 6.32. The summed E-state index contributed by atoms with van der Waals surface area (Å²) in [7, 11) is 1.81. The van der Waals surface area contributed by atoms with Crippen molar-refractivity contribution in [2.24, 2.45) is 5.41 Å². The molecule has 0 aromatic carbocycles. The van der Waals surface area contributed by atoms with Crippen LogP contribution in [0.5, 0.6) is 0 Å². The number of nitrogens with zero attached hydrogens (tertiary/aromatic N) is 1. The van der Waals surface area contributed by atoms with Gasteiger partial charge < -0.3 is 10.1 Å². The van der Waals surface area contributed by atoms with Crippen LogP contribution in [0.3, 0.4) is 0 Å². The Bertz CT molecular complexity index is 225. The highest BCUT2D eigenvalue weighted by molar-refractivity contribution is 4.85. The summed E-state index contributed by atoms with van der Waals surface area (Å²) in [4.78, 5) is 2.67. The molecular weight excluding hydrogens is 260 g/mol. The Hall–Kier alpha value is -0.120. The topological polar surface area (TPSA) is 24.5 Å². The number of hydrogen-bond acceptors (Lipinski definition) is 3. The lowest BCUT2D eigenvalue weighted by Crippen LogP contribution is -2.48. The third-order valence-electron chi connectivity index (χ3n) is 5.01. The van der Waals surface area contributed by atoms with Gasteiger partial charge in [0.25, 0.3) is 0 Å². The van der Waals surface area contributed by atoms with Crippen LogP contribution in [0, 0.1) is 5.41 Å². The van der Waals surface area contributed by atoms with Crippen LogP contribution >= 0.6 is 0 Å². The zero-order chi connectivity index (χ0) is 16.1. The number of rotatable bonds is 14. The second kappa shape index (κ2) is 12.4. The van der Waals surface area contributed by atoms with E-state index < -0.39 is 0 Å². The van der Waals surface area contributed by atoms with Crippen molar-refractivity contribution in [2.75, 3.05) is 39.9 Å². The van der Waals surface area contributed by atoms with Crippen molar-refractivity contribution in [2.45, 2.75) is 72.8 Å². The van der Waals surface area contributed by atoms with E-state index in [0.29, 0.717) is 11.5 Å². The number of nitrogens with one attached hydrogen (secondary N) is 1. The summed E-state index contributed by atoms with van der Waals surface area (Å²) in [6.45, 7) is 16.9. The summed E-state index contributed by atoms with van der Waals surface area (Å²) in [5, 5.41) is 3.66. The van der Waals surface area contributed by atoms with Gasteiger partial charge in [0.1, 0.15) is 0 Å². The number of methoxy groups -OCH3 is 1. The molecule has 0 amide bonds. The van der Waals surface area contributed by atoms with Crippen molar-refractivity contribution in [3.8, 4) is 0 Å². The number of ether oxygens (including phenoxy) is 1. The van der Waals surface area contributed by atoms with Crippen molar-refractivity contribution in [3.63, 3.8) is 0 Å². The predicted octanol–water partition coefficient (Wildman–Crippen LogP) is 3.93. The van der Waals surface area contributed by atoms with E-state index in [2.05, 4.69) is 44.8 Å². The molecule has 0 aliphatic rings. The van der Waals surface area contributed by atoms with Crippen LogP contribution in [-0.2, 0) is 4.74 Å². The standard InChI is InChI=1S/C18H40N2O/c1-7-12-19-15-18(10-4,11-5)16-20(13-14-21-6)17(8-2)9-3/h17,19H,7-16H2,1-6H3. The minimum absolute atomic E-state index is 0.394. The molecule has 0 aliphatic carbocycles. The van der Waals surface area contributed by atoms with Crippen molar-refractivity contribution in [1.29, 1.82) is 0 Å². The molecule has 0 fully saturated rings. The van der Waals surface area contributed by atoms with E-state index >= 15 is 0 Å². The average Bonchev–Trinajstić information content (AvgIpc) is 2.52. The van der Waals surface area contributed by atoms with Crippen LogP contribution in [0.15, 0.2) is 0 Å². The van der Waals surface area contributed by atoms with E-state index in [4.69, 9.17) is 4.74 Å². The molecule has 1 N–H and O–H groups in total. The maximum atomic E-state index is 5.33. The van der Waals surface area contributed by atoms with Crippen LogP contribution in [0.2, 0.25) is 0 Å². The van der Waals surface area contributed by atoms with Crippen molar-refractivity contribution in [3.05, 3.63) is 0 Å². The van der Waals surface area contributed by atoms with Crippen LogP contribution in [0.4, 0.5) is 0 Å². The first kappa shape index (κ1) is 20.9. The molecule has 3 nitrogen and oxygen atoms in total. The van der Waals surface area contributed by atoms with Crippen molar-refractivity contribution in [1.82, 2.24) is 10.2 Å². The molecule has 0 saturated heterocycles. The monoisotopic (exact) mass is 300 g/mol. The van der Waals surface area contributed by atoms with Gasteiger partial charge in [0.15, 0.2) is 0 Å². The molecule has 0 unspecified atom stereocenters. The van der Waals surface area contributed by atoms with E-state index in [1.807, 2.05) is 0 Å². The van der Waals surface area contributed by atoms with Crippen molar-refractivity contribution >= 4 is 0 Å². The Balaban J connectivity index is 4.83. The molecule has 0 aromatic rings. The van der Waals surface area contributed by atoms with Gasteiger partial charge in [-0.1, -0.05) is 34.6 Å². The summed E-state index contributed by atoms with van der Waals surface area (Å²) >= 11 is 0. The molecule has 0 aliphatic heterocycles. The van der Waals surface area contributed by atoms with Crippen LogP contribution < -0.4 is 5.32 Å². The lowest BCUT2D eigenvalue weighted by Gasteiger charge is -2.41. The van der Waals surface area contributed by atoms with Gasteiger partial charge in [-0.2, -0.15) is 0 Å². The van der Waals surface area contributed by atoms with Gasteiger partial charge in [0.2, 0.25) is 0 Å². The third kappa shape index (κ3) is 7.62. The Morgan fingerprint density at radius 2 is 1.67 bits per heavy atom. The fourth-order valence-electron chi connectivity index (χ4n) is 3.15. The molecule has 128 valence electrons. The largest absolute Gasteiger partial charge is 0.383 e.